The number of rotatable bonds is 11. The molecule has 2 N–H and O–H groups in total. The minimum atomic E-state index is -1.05. The number of benzene rings is 2. The first-order valence-corrected chi connectivity index (χ1v) is 15.0. The van der Waals surface area contributed by atoms with Gasteiger partial charge in [-0.25, -0.2) is 17.3 Å². The quantitative estimate of drug-likeness (QED) is 0.425. The Hall–Kier alpha value is -2.20. The van der Waals surface area contributed by atoms with E-state index in [1.165, 1.54) is 18.2 Å². The number of amides is 1. The molecule has 1 amide bonds. The maximum Gasteiger partial charge on any atom is 0.225 e. The lowest BCUT2D eigenvalue weighted by molar-refractivity contribution is -0.117. The van der Waals surface area contributed by atoms with Gasteiger partial charge in [0, 0.05) is 62.3 Å². The predicted octanol–water partition coefficient (Wildman–Crippen LogP) is 4.78. The van der Waals surface area contributed by atoms with Crippen LogP contribution in [0.25, 0.3) is 0 Å². The van der Waals surface area contributed by atoms with Crippen LogP contribution in [-0.4, -0.2) is 59.1 Å². The minimum absolute atomic E-state index is 0.0356. The second-order valence-electron chi connectivity index (χ2n) is 10.2. The van der Waals surface area contributed by atoms with E-state index in [1.807, 2.05) is 11.2 Å². The van der Waals surface area contributed by atoms with E-state index in [4.69, 9.17) is 4.74 Å². The molecule has 2 aliphatic rings. The van der Waals surface area contributed by atoms with Gasteiger partial charge < -0.3 is 15.4 Å². The third-order valence-electron chi connectivity index (χ3n) is 7.53. The van der Waals surface area contributed by atoms with Crippen molar-refractivity contribution in [1.29, 1.82) is 0 Å². The molecule has 2 aliphatic heterocycles. The smallest absolute Gasteiger partial charge is 0.225 e. The highest BCUT2D eigenvalue weighted by Crippen LogP contribution is 2.34. The fraction of sp³-hybridized carbons (Fsp3) is 0.552. The molecule has 0 aromatic heterocycles. The molecule has 0 aliphatic carbocycles. The van der Waals surface area contributed by atoms with E-state index in [0.717, 1.165) is 31.4 Å². The van der Waals surface area contributed by atoms with Crippen LogP contribution in [0.15, 0.2) is 42.5 Å². The summed E-state index contributed by atoms with van der Waals surface area (Å²) in [6.07, 6.45) is 3.96. The second kappa shape index (κ2) is 14.3. The lowest BCUT2D eigenvalue weighted by Gasteiger charge is -2.35. The zero-order valence-electron chi connectivity index (χ0n) is 22.1. The number of carbonyl (C=O) groups excluding carboxylic acids is 1. The molecule has 38 heavy (non-hydrogen) atoms. The number of piperazine rings is 1. The zero-order valence-corrected chi connectivity index (χ0v) is 22.9. The van der Waals surface area contributed by atoms with Gasteiger partial charge >= 0.3 is 0 Å². The number of hydrogen-bond acceptors (Lipinski definition) is 4. The van der Waals surface area contributed by atoms with Crippen molar-refractivity contribution < 1.29 is 22.5 Å². The Morgan fingerprint density at radius 1 is 1.24 bits per heavy atom. The summed E-state index contributed by atoms with van der Waals surface area (Å²) >= 11 is 0. The first-order chi connectivity index (χ1) is 18.5. The molecule has 6 nitrogen and oxygen atoms in total. The number of anilines is 1. The van der Waals surface area contributed by atoms with Crippen LogP contribution >= 0.6 is 0 Å². The van der Waals surface area contributed by atoms with Gasteiger partial charge in [-0.3, -0.25) is 4.79 Å². The van der Waals surface area contributed by atoms with Crippen LogP contribution in [0.5, 0.6) is 0 Å². The van der Waals surface area contributed by atoms with Gasteiger partial charge in [-0.05, 0) is 73.8 Å². The maximum atomic E-state index is 15.0. The van der Waals surface area contributed by atoms with E-state index in [2.05, 4.69) is 10.6 Å². The highest BCUT2D eigenvalue weighted by atomic mass is 32.2. The highest BCUT2D eigenvalue weighted by Gasteiger charge is 2.29. The first-order valence-electron chi connectivity index (χ1n) is 13.7. The SMILES string of the molecule is CCCS(=O)N1CCNCC1CCc1c(F)cccc1NC(=O)CC(c1ccc(F)cc1)C1CCCOC1. The summed E-state index contributed by atoms with van der Waals surface area (Å²) in [5.41, 5.74) is 1.84. The molecule has 4 rings (SSSR count). The van der Waals surface area contributed by atoms with Crippen molar-refractivity contribution >= 4 is 22.6 Å². The van der Waals surface area contributed by atoms with Crippen molar-refractivity contribution in [3.8, 4) is 0 Å². The summed E-state index contributed by atoms with van der Waals surface area (Å²) < 4.78 is 49.0. The standard InChI is InChI=1S/C29H39F2N3O3S/c1-2-17-38(36)34-15-14-32-19-24(34)12-13-25-27(31)6-3-7-28(25)33-29(35)18-26(22-5-4-16-37-20-22)21-8-10-23(30)11-9-21/h3,6-11,22,24,26,32H,2,4-5,12-20H2,1H3,(H,33,35). The lowest BCUT2D eigenvalue weighted by atomic mass is 9.80. The molecular weight excluding hydrogens is 508 g/mol. The van der Waals surface area contributed by atoms with Gasteiger partial charge in [-0.2, -0.15) is 0 Å². The van der Waals surface area contributed by atoms with Crippen LogP contribution in [0.4, 0.5) is 14.5 Å². The molecule has 208 valence electrons. The summed E-state index contributed by atoms with van der Waals surface area (Å²) in [5, 5.41) is 6.32. The minimum Gasteiger partial charge on any atom is -0.381 e. The number of carbonyl (C=O) groups is 1. The molecule has 0 saturated carbocycles. The molecule has 9 heteroatoms. The average molecular weight is 548 g/mol. The maximum absolute atomic E-state index is 15.0. The molecule has 2 fully saturated rings. The molecule has 2 aromatic carbocycles. The highest BCUT2D eigenvalue weighted by molar-refractivity contribution is 7.82. The van der Waals surface area contributed by atoms with Gasteiger partial charge in [0.15, 0.2) is 0 Å². The number of ether oxygens (including phenoxy) is 1. The Kier molecular flexibility index (Phi) is 10.8. The number of hydrogen-bond donors (Lipinski definition) is 2. The molecule has 2 saturated heterocycles. The van der Waals surface area contributed by atoms with Gasteiger partial charge in [0.05, 0.1) is 11.0 Å². The number of nitrogens with zero attached hydrogens (tertiary/aromatic N) is 1. The molecule has 2 heterocycles. The van der Waals surface area contributed by atoms with Gasteiger partial charge in [-0.15, -0.1) is 0 Å². The monoisotopic (exact) mass is 547 g/mol. The second-order valence-corrected chi connectivity index (χ2v) is 11.7. The van der Waals surface area contributed by atoms with Crippen LogP contribution in [0.3, 0.4) is 0 Å². The Balaban J connectivity index is 1.45. The third kappa shape index (κ3) is 7.68. The molecule has 4 atom stereocenters. The van der Waals surface area contributed by atoms with Gasteiger partial charge in [0.25, 0.3) is 0 Å². The summed E-state index contributed by atoms with van der Waals surface area (Å²) in [6, 6.07) is 11.1. The fourth-order valence-electron chi connectivity index (χ4n) is 5.54. The largest absolute Gasteiger partial charge is 0.381 e. The Bertz CT molecular complexity index is 1080. The van der Waals surface area contributed by atoms with E-state index < -0.39 is 11.0 Å². The predicted molar refractivity (Wildman–Crippen MR) is 147 cm³/mol. The van der Waals surface area contributed by atoms with Crippen molar-refractivity contribution in [2.75, 3.05) is 43.9 Å². The zero-order chi connectivity index (χ0) is 26.9. The molecular formula is C29H39F2N3O3S. The molecule has 4 unspecified atom stereocenters. The number of nitrogens with one attached hydrogen (secondary N) is 2. The van der Waals surface area contributed by atoms with Crippen LogP contribution in [0.1, 0.15) is 56.1 Å². The van der Waals surface area contributed by atoms with Crippen LogP contribution < -0.4 is 10.6 Å². The van der Waals surface area contributed by atoms with Gasteiger partial charge in [-0.1, -0.05) is 25.1 Å². The van der Waals surface area contributed by atoms with E-state index >= 15 is 0 Å². The number of halogens is 2. The van der Waals surface area contributed by atoms with Crippen molar-refractivity contribution in [1.82, 2.24) is 9.62 Å². The Morgan fingerprint density at radius 3 is 2.79 bits per heavy atom. The summed E-state index contributed by atoms with van der Waals surface area (Å²) in [4.78, 5) is 13.3. The lowest BCUT2D eigenvalue weighted by Crippen LogP contribution is -2.52. The van der Waals surface area contributed by atoms with Crippen molar-refractivity contribution in [2.24, 2.45) is 5.92 Å². The van der Waals surface area contributed by atoms with Crippen LogP contribution in [-0.2, 0) is 26.9 Å². The first kappa shape index (κ1) is 28.8. The van der Waals surface area contributed by atoms with Crippen molar-refractivity contribution in [3.63, 3.8) is 0 Å². The third-order valence-corrected chi connectivity index (χ3v) is 9.29. The topological polar surface area (TPSA) is 70.7 Å². The van der Waals surface area contributed by atoms with E-state index in [0.29, 0.717) is 56.1 Å². The summed E-state index contributed by atoms with van der Waals surface area (Å²) in [5.74, 6) is -0.223. The fourth-order valence-corrected chi connectivity index (χ4v) is 6.93. The molecule has 0 radical (unpaired) electrons. The van der Waals surface area contributed by atoms with Gasteiger partial charge in [0.2, 0.25) is 5.91 Å². The van der Waals surface area contributed by atoms with Crippen molar-refractivity contribution in [2.45, 2.75) is 57.4 Å². The van der Waals surface area contributed by atoms with Crippen LogP contribution in [0, 0.1) is 17.6 Å². The normalized spacial score (nSPS) is 22.1. The van der Waals surface area contributed by atoms with Crippen molar-refractivity contribution in [3.05, 3.63) is 65.2 Å². The average Bonchev–Trinajstić information content (AvgIpc) is 2.93. The van der Waals surface area contributed by atoms with E-state index in [9.17, 15) is 17.8 Å². The van der Waals surface area contributed by atoms with E-state index in [1.54, 1.807) is 24.3 Å². The van der Waals surface area contributed by atoms with Crippen LogP contribution in [0.2, 0.25) is 0 Å². The summed E-state index contributed by atoms with van der Waals surface area (Å²) in [7, 11) is -1.05. The van der Waals surface area contributed by atoms with E-state index in [-0.39, 0.29) is 41.8 Å². The Labute approximate surface area is 227 Å². The Morgan fingerprint density at radius 2 is 2.05 bits per heavy atom. The molecule has 2 aromatic rings. The van der Waals surface area contributed by atoms with Gasteiger partial charge in [0.1, 0.15) is 11.6 Å². The summed E-state index contributed by atoms with van der Waals surface area (Å²) in [6.45, 7) is 5.49. The molecule has 0 bridgehead atoms. The molecule has 0 spiro atoms.